The Hall–Kier alpha value is -2.79. The summed E-state index contributed by atoms with van der Waals surface area (Å²) >= 11 is 0. The van der Waals surface area contributed by atoms with Crippen molar-refractivity contribution in [2.45, 2.75) is 39.2 Å². The van der Waals surface area contributed by atoms with Gasteiger partial charge in [0.1, 0.15) is 11.4 Å². The van der Waals surface area contributed by atoms with Crippen molar-refractivity contribution in [3.8, 4) is 22.6 Å². The Balaban J connectivity index is 2.20. The molecular weight excluding hydrogens is 344 g/mol. The number of phenolic OH excluding ortho intramolecular Hbond substituents is 1. The van der Waals surface area contributed by atoms with Gasteiger partial charge in [-0.1, -0.05) is 37.6 Å². The number of hydrogen-bond donors (Lipinski definition) is 2. The SMILES string of the molecule is CCCCOc1ccc(-c2c(C(C)(C)O)oc(=O)c3ccccc23)cc1O. The number of fused-ring (bicyclic) bond motifs is 1. The highest BCUT2D eigenvalue weighted by Gasteiger charge is 2.27. The standard InChI is InChI=1S/C22H24O5/c1-4-5-12-26-18-11-10-14(13-17(18)23)19-15-8-6-7-9-16(15)21(24)27-20(19)22(2,3)25/h6-11,13,23,25H,4-5,12H2,1-3H3. The lowest BCUT2D eigenvalue weighted by Gasteiger charge is -2.21. The van der Waals surface area contributed by atoms with E-state index < -0.39 is 11.2 Å². The van der Waals surface area contributed by atoms with E-state index in [9.17, 15) is 15.0 Å². The molecule has 3 aromatic rings. The molecule has 0 aliphatic heterocycles. The van der Waals surface area contributed by atoms with Crippen LogP contribution in [0.3, 0.4) is 0 Å². The summed E-state index contributed by atoms with van der Waals surface area (Å²) in [4.78, 5) is 12.4. The van der Waals surface area contributed by atoms with Crippen LogP contribution in [0, 0.1) is 0 Å². The minimum absolute atomic E-state index is 0.000537. The summed E-state index contributed by atoms with van der Waals surface area (Å²) < 4.78 is 11.1. The van der Waals surface area contributed by atoms with Gasteiger partial charge in [-0.2, -0.15) is 0 Å². The first-order valence-electron chi connectivity index (χ1n) is 9.07. The predicted octanol–water partition coefficient (Wildman–Crippen LogP) is 4.57. The zero-order chi connectivity index (χ0) is 19.6. The molecule has 0 spiro atoms. The maximum absolute atomic E-state index is 12.4. The highest BCUT2D eigenvalue weighted by molar-refractivity contribution is 5.97. The average molecular weight is 368 g/mol. The lowest BCUT2D eigenvalue weighted by atomic mass is 9.92. The lowest BCUT2D eigenvalue weighted by Crippen LogP contribution is -2.20. The van der Waals surface area contributed by atoms with Gasteiger partial charge in [-0.15, -0.1) is 0 Å². The van der Waals surface area contributed by atoms with Crippen molar-refractivity contribution in [2.24, 2.45) is 0 Å². The third-order valence-corrected chi connectivity index (χ3v) is 4.40. The van der Waals surface area contributed by atoms with E-state index in [-0.39, 0.29) is 11.5 Å². The summed E-state index contributed by atoms with van der Waals surface area (Å²) in [5.74, 6) is 0.560. The molecule has 27 heavy (non-hydrogen) atoms. The van der Waals surface area contributed by atoms with E-state index in [0.29, 0.717) is 34.3 Å². The molecule has 3 rings (SSSR count). The van der Waals surface area contributed by atoms with Crippen LogP contribution in [-0.2, 0) is 5.60 Å². The van der Waals surface area contributed by atoms with E-state index in [2.05, 4.69) is 6.92 Å². The van der Waals surface area contributed by atoms with Gasteiger partial charge >= 0.3 is 5.63 Å². The molecule has 0 saturated carbocycles. The van der Waals surface area contributed by atoms with E-state index >= 15 is 0 Å². The zero-order valence-corrected chi connectivity index (χ0v) is 15.8. The lowest BCUT2D eigenvalue weighted by molar-refractivity contribution is 0.0521. The maximum Gasteiger partial charge on any atom is 0.343 e. The molecule has 1 aromatic heterocycles. The first-order chi connectivity index (χ1) is 12.8. The molecule has 2 aromatic carbocycles. The fourth-order valence-corrected chi connectivity index (χ4v) is 3.04. The fourth-order valence-electron chi connectivity index (χ4n) is 3.04. The summed E-state index contributed by atoms with van der Waals surface area (Å²) in [6.07, 6.45) is 1.90. The third kappa shape index (κ3) is 3.83. The number of phenols is 1. The van der Waals surface area contributed by atoms with Crippen molar-refractivity contribution in [3.63, 3.8) is 0 Å². The van der Waals surface area contributed by atoms with Crippen molar-refractivity contribution in [1.29, 1.82) is 0 Å². The molecule has 0 atom stereocenters. The molecular formula is C22H24O5. The first kappa shape index (κ1) is 19.0. The second-order valence-corrected chi connectivity index (χ2v) is 7.08. The highest BCUT2D eigenvalue weighted by Crippen LogP contribution is 2.39. The molecule has 5 nitrogen and oxygen atoms in total. The number of aliphatic hydroxyl groups is 1. The zero-order valence-electron chi connectivity index (χ0n) is 15.8. The monoisotopic (exact) mass is 368 g/mol. The van der Waals surface area contributed by atoms with E-state index in [1.807, 2.05) is 6.07 Å². The van der Waals surface area contributed by atoms with Crippen LogP contribution in [0.4, 0.5) is 0 Å². The summed E-state index contributed by atoms with van der Waals surface area (Å²) in [5.41, 5.74) is -0.666. The minimum atomic E-state index is -1.37. The van der Waals surface area contributed by atoms with Gasteiger partial charge in [0.15, 0.2) is 11.5 Å². The molecule has 0 unspecified atom stereocenters. The summed E-state index contributed by atoms with van der Waals surface area (Å²) in [6, 6.07) is 12.1. The van der Waals surface area contributed by atoms with Gasteiger partial charge in [0.25, 0.3) is 0 Å². The molecule has 1 heterocycles. The largest absolute Gasteiger partial charge is 0.504 e. The molecule has 0 bridgehead atoms. The van der Waals surface area contributed by atoms with Crippen LogP contribution in [0.15, 0.2) is 51.7 Å². The van der Waals surface area contributed by atoms with Gasteiger partial charge in [-0.25, -0.2) is 4.79 Å². The Labute approximate surface area is 157 Å². The Bertz CT molecular complexity index is 1010. The van der Waals surface area contributed by atoms with Crippen LogP contribution >= 0.6 is 0 Å². The maximum atomic E-state index is 12.4. The van der Waals surface area contributed by atoms with Crippen molar-refractivity contribution in [3.05, 3.63) is 58.6 Å². The summed E-state index contributed by atoms with van der Waals surface area (Å²) in [7, 11) is 0. The molecule has 0 aliphatic rings. The van der Waals surface area contributed by atoms with Gasteiger partial charge in [0.05, 0.1) is 12.0 Å². The second kappa shape index (κ2) is 7.45. The first-order valence-corrected chi connectivity index (χ1v) is 9.07. The molecule has 2 N–H and O–H groups in total. The third-order valence-electron chi connectivity index (χ3n) is 4.40. The average Bonchev–Trinajstić information content (AvgIpc) is 2.62. The van der Waals surface area contributed by atoms with Crippen LogP contribution in [-0.4, -0.2) is 16.8 Å². The van der Waals surface area contributed by atoms with Gasteiger partial charge in [0, 0.05) is 10.9 Å². The number of benzene rings is 2. The number of rotatable bonds is 6. The predicted molar refractivity (Wildman–Crippen MR) is 105 cm³/mol. The molecule has 0 saturated heterocycles. The smallest absolute Gasteiger partial charge is 0.343 e. The molecule has 0 aliphatic carbocycles. The Morgan fingerprint density at radius 3 is 2.44 bits per heavy atom. The Morgan fingerprint density at radius 2 is 1.81 bits per heavy atom. The second-order valence-electron chi connectivity index (χ2n) is 7.08. The Kier molecular flexibility index (Phi) is 5.24. The number of ether oxygens (including phenoxy) is 1. The number of aromatic hydroxyl groups is 1. The van der Waals surface area contributed by atoms with Crippen molar-refractivity contribution >= 4 is 10.8 Å². The van der Waals surface area contributed by atoms with Crippen molar-refractivity contribution in [2.75, 3.05) is 6.61 Å². The quantitative estimate of drug-likeness (QED) is 0.623. The van der Waals surface area contributed by atoms with Crippen LogP contribution in [0.2, 0.25) is 0 Å². The number of hydrogen-bond acceptors (Lipinski definition) is 5. The summed E-state index contributed by atoms with van der Waals surface area (Å²) in [5, 5.41) is 22.0. The van der Waals surface area contributed by atoms with E-state index in [4.69, 9.17) is 9.15 Å². The van der Waals surface area contributed by atoms with Crippen LogP contribution in [0.1, 0.15) is 39.4 Å². The Morgan fingerprint density at radius 1 is 1.11 bits per heavy atom. The van der Waals surface area contributed by atoms with Crippen molar-refractivity contribution in [1.82, 2.24) is 0 Å². The van der Waals surface area contributed by atoms with Gasteiger partial charge in [-0.3, -0.25) is 0 Å². The van der Waals surface area contributed by atoms with Crippen LogP contribution in [0.25, 0.3) is 21.9 Å². The molecule has 0 amide bonds. The van der Waals surface area contributed by atoms with Crippen LogP contribution < -0.4 is 10.4 Å². The topological polar surface area (TPSA) is 79.9 Å². The summed E-state index contributed by atoms with van der Waals surface area (Å²) in [6.45, 7) is 5.72. The number of unbranched alkanes of at least 4 members (excludes halogenated alkanes) is 1. The van der Waals surface area contributed by atoms with Gasteiger partial charge < -0.3 is 19.4 Å². The van der Waals surface area contributed by atoms with E-state index in [0.717, 1.165) is 12.8 Å². The van der Waals surface area contributed by atoms with Crippen LogP contribution in [0.5, 0.6) is 11.5 Å². The fraction of sp³-hybridized carbons (Fsp3) is 0.318. The molecule has 5 heteroatoms. The molecule has 0 radical (unpaired) electrons. The van der Waals surface area contributed by atoms with Gasteiger partial charge in [-0.05, 0) is 44.0 Å². The van der Waals surface area contributed by atoms with Gasteiger partial charge in [0.2, 0.25) is 0 Å². The van der Waals surface area contributed by atoms with E-state index in [1.165, 1.54) is 0 Å². The van der Waals surface area contributed by atoms with Crippen molar-refractivity contribution < 1.29 is 19.4 Å². The normalized spacial score (nSPS) is 11.7. The van der Waals surface area contributed by atoms with E-state index in [1.54, 1.807) is 50.2 Å². The highest BCUT2D eigenvalue weighted by atomic mass is 16.5. The minimum Gasteiger partial charge on any atom is -0.504 e. The molecule has 0 fully saturated rings. The molecule has 142 valence electrons.